The Balaban J connectivity index is 1.38. The predicted octanol–water partition coefficient (Wildman–Crippen LogP) is 2.25. The molecule has 1 saturated heterocycles. The zero-order valence-electron chi connectivity index (χ0n) is 16.5. The van der Waals surface area contributed by atoms with E-state index in [-0.39, 0.29) is 11.7 Å². The van der Waals surface area contributed by atoms with Crippen LogP contribution in [0.3, 0.4) is 0 Å². The third-order valence-electron chi connectivity index (χ3n) is 6.04. The summed E-state index contributed by atoms with van der Waals surface area (Å²) in [5, 5.41) is 0. The van der Waals surface area contributed by atoms with Crippen molar-refractivity contribution >= 4 is 5.91 Å². The molecule has 4 rings (SSSR count). The standard InChI is InChI=1S/C23H27FN2O2/c1-28-22-9-8-21(24)15-20(22)16-25-10-12-26(13-11-25)23(27)19-7-6-17-4-2-3-5-18(17)14-19/h6-9,14-15H,2-5,10-13,16H2,1H3/p+1. The zero-order chi connectivity index (χ0) is 19.5. The summed E-state index contributed by atoms with van der Waals surface area (Å²) in [6.07, 6.45) is 4.69. The molecule has 28 heavy (non-hydrogen) atoms. The number of hydrogen-bond acceptors (Lipinski definition) is 2. The molecule has 0 atom stereocenters. The van der Waals surface area contributed by atoms with Crippen molar-refractivity contribution in [1.29, 1.82) is 0 Å². The quantitative estimate of drug-likeness (QED) is 0.879. The van der Waals surface area contributed by atoms with Crippen LogP contribution in [0, 0.1) is 5.82 Å². The Bertz CT molecular complexity index is 860. The molecule has 0 spiro atoms. The number of nitrogens with zero attached hydrogens (tertiary/aromatic N) is 1. The van der Waals surface area contributed by atoms with Crippen molar-refractivity contribution in [1.82, 2.24) is 4.90 Å². The Morgan fingerprint density at radius 1 is 1.07 bits per heavy atom. The molecule has 4 nitrogen and oxygen atoms in total. The van der Waals surface area contributed by atoms with Crippen molar-refractivity contribution in [2.75, 3.05) is 33.3 Å². The number of quaternary nitrogens is 1. The Hall–Kier alpha value is -2.40. The number of piperazine rings is 1. The highest BCUT2D eigenvalue weighted by molar-refractivity contribution is 5.94. The van der Waals surface area contributed by atoms with Gasteiger partial charge in [0, 0.05) is 5.56 Å². The summed E-state index contributed by atoms with van der Waals surface area (Å²) in [4.78, 5) is 16.2. The van der Waals surface area contributed by atoms with Gasteiger partial charge in [-0.25, -0.2) is 4.39 Å². The highest BCUT2D eigenvalue weighted by atomic mass is 19.1. The van der Waals surface area contributed by atoms with Crippen molar-refractivity contribution in [3.8, 4) is 5.75 Å². The second kappa shape index (κ2) is 8.31. The second-order valence-electron chi connectivity index (χ2n) is 7.87. The summed E-state index contributed by atoms with van der Waals surface area (Å²) >= 11 is 0. The van der Waals surface area contributed by atoms with Crippen LogP contribution < -0.4 is 9.64 Å². The third-order valence-corrected chi connectivity index (χ3v) is 6.04. The Morgan fingerprint density at radius 3 is 2.57 bits per heavy atom. The fraction of sp³-hybridized carbons (Fsp3) is 0.435. The number of methoxy groups -OCH3 is 1. The van der Waals surface area contributed by atoms with Crippen LogP contribution in [0.4, 0.5) is 4.39 Å². The lowest BCUT2D eigenvalue weighted by Crippen LogP contribution is -3.13. The molecular weight excluding hydrogens is 355 g/mol. The first-order chi connectivity index (χ1) is 13.6. The molecule has 0 saturated carbocycles. The molecule has 1 N–H and O–H groups in total. The number of halogens is 1. The Morgan fingerprint density at radius 2 is 1.82 bits per heavy atom. The lowest BCUT2D eigenvalue weighted by molar-refractivity contribution is -0.917. The Labute approximate surface area is 165 Å². The molecule has 148 valence electrons. The molecule has 2 aliphatic rings. The van der Waals surface area contributed by atoms with Gasteiger partial charge >= 0.3 is 0 Å². The number of nitrogens with one attached hydrogen (secondary N) is 1. The first-order valence-corrected chi connectivity index (χ1v) is 10.2. The fourth-order valence-corrected chi connectivity index (χ4v) is 4.41. The molecule has 0 radical (unpaired) electrons. The van der Waals surface area contributed by atoms with Crippen LogP contribution in [0.2, 0.25) is 0 Å². The maximum Gasteiger partial charge on any atom is 0.254 e. The van der Waals surface area contributed by atoms with Gasteiger partial charge in [-0.3, -0.25) is 4.79 Å². The molecule has 2 aromatic rings. The molecule has 0 unspecified atom stereocenters. The summed E-state index contributed by atoms with van der Waals surface area (Å²) in [6.45, 7) is 3.88. The number of ether oxygens (including phenoxy) is 1. The molecule has 0 bridgehead atoms. The van der Waals surface area contributed by atoms with Gasteiger partial charge in [-0.1, -0.05) is 6.07 Å². The number of carbonyl (C=O) groups excluding carboxylic acids is 1. The van der Waals surface area contributed by atoms with Gasteiger partial charge < -0.3 is 14.5 Å². The van der Waals surface area contributed by atoms with Gasteiger partial charge in [-0.2, -0.15) is 0 Å². The maximum absolute atomic E-state index is 13.6. The van der Waals surface area contributed by atoms with Crippen LogP contribution in [0.15, 0.2) is 36.4 Å². The van der Waals surface area contributed by atoms with E-state index in [1.165, 1.54) is 34.9 Å². The molecular formula is C23H28FN2O2+. The predicted molar refractivity (Wildman–Crippen MR) is 106 cm³/mol. The zero-order valence-corrected chi connectivity index (χ0v) is 16.5. The van der Waals surface area contributed by atoms with Gasteiger partial charge in [0.15, 0.2) is 0 Å². The minimum atomic E-state index is -0.239. The molecule has 5 heteroatoms. The molecule has 1 aliphatic carbocycles. The van der Waals surface area contributed by atoms with Gasteiger partial charge in [0.1, 0.15) is 18.1 Å². The summed E-state index contributed by atoms with van der Waals surface area (Å²) in [5.74, 6) is 0.619. The number of hydrogen-bond donors (Lipinski definition) is 1. The summed E-state index contributed by atoms with van der Waals surface area (Å²) < 4.78 is 19.0. The van der Waals surface area contributed by atoms with Crippen LogP contribution >= 0.6 is 0 Å². The van der Waals surface area contributed by atoms with Crippen molar-refractivity contribution < 1.29 is 18.8 Å². The van der Waals surface area contributed by atoms with E-state index in [2.05, 4.69) is 12.1 Å². The van der Waals surface area contributed by atoms with Crippen molar-refractivity contribution in [2.45, 2.75) is 32.2 Å². The Kier molecular flexibility index (Phi) is 5.62. The normalized spacial score (nSPS) is 17.3. The lowest BCUT2D eigenvalue weighted by atomic mass is 9.90. The van der Waals surface area contributed by atoms with Crippen molar-refractivity contribution in [3.05, 3.63) is 64.5 Å². The van der Waals surface area contributed by atoms with Gasteiger partial charge in [-0.05, 0) is 67.1 Å². The van der Waals surface area contributed by atoms with Crippen molar-refractivity contribution in [3.63, 3.8) is 0 Å². The second-order valence-corrected chi connectivity index (χ2v) is 7.87. The fourth-order valence-electron chi connectivity index (χ4n) is 4.41. The van der Waals surface area contributed by atoms with Gasteiger partial charge in [0.05, 0.1) is 38.9 Å². The molecule has 1 aliphatic heterocycles. The smallest absolute Gasteiger partial charge is 0.254 e. The molecule has 1 heterocycles. The summed E-state index contributed by atoms with van der Waals surface area (Å²) in [6, 6.07) is 10.9. The number of aryl methyl sites for hydroxylation is 2. The SMILES string of the molecule is COc1ccc(F)cc1C[NH+]1CCN(C(=O)c2ccc3c(c2)CCCC3)CC1. The minimum absolute atomic E-state index is 0.135. The maximum atomic E-state index is 13.6. The minimum Gasteiger partial charge on any atom is -0.496 e. The number of rotatable bonds is 4. The van der Waals surface area contributed by atoms with E-state index in [9.17, 15) is 9.18 Å². The van der Waals surface area contributed by atoms with Crippen molar-refractivity contribution in [2.24, 2.45) is 0 Å². The van der Waals surface area contributed by atoms with Crippen LogP contribution in [-0.4, -0.2) is 44.1 Å². The molecule has 2 aromatic carbocycles. The van der Waals surface area contributed by atoms with E-state index in [0.29, 0.717) is 6.54 Å². The largest absolute Gasteiger partial charge is 0.496 e. The first-order valence-electron chi connectivity index (χ1n) is 10.2. The van der Waals surface area contributed by atoms with Crippen LogP contribution in [0.25, 0.3) is 0 Å². The molecule has 0 aromatic heterocycles. The van der Waals surface area contributed by atoms with Crippen LogP contribution in [-0.2, 0) is 19.4 Å². The average Bonchev–Trinajstić information content (AvgIpc) is 2.73. The van der Waals surface area contributed by atoms with Crippen LogP contribution in [0.5, 0.6) is 5.75 Å². The van der Waals surface area contributed by atoms with Gasteiger partial charge in [-0.15, -0.1) is 0 Å². The number of fused-ring (bicyclic) bond motifs is 1. The third kappa shape index (κ3) is 4.04. The number of carbonyl (C=O) groups is 1. The summed E-state index contributed by atoms with van der Waals surface area (Å²) in [5.41, 5.74) is 4.45. The molecule has 1 fully saturated rings. The summed E-state index contributed by atoms with van der Waals surface area (Å²) in [7, 11) is 1.61. The van der Waals surface area contributed by atoms with E-state index >= 15 is 0 Å². The lowest BCUT2D eigenvalue weighted by Gasteiger charge is -2.32. The highest BCUT2D eigenvalue weighted by Gasteiger charge is 2.26. The van der Waals surface area contributed by atoms with E-state index in [0.717, 1.165) is 55.9 Å². The van der Waals surface area contributed by atoms with Crippen LogP contribution in [0.1, 0.15) is 39.9 Å². The van der Waals surface area contributed by atoms with E-state index in [4.69, 9.17) is 4.74 Å². The van der Waals surface area contributed by atoms with E-state index in [1.807, 2.05) is 11.0 Å². The van der Waals surface area contributed by atoms with E-state index in [1.54, 1.807) is 19.2 Å². The van der Waals surface area contributed by atoms with Gasteiger partial charge in [0.25, 0.3) is 5.91 Å². The topological polar surface area (TPSA) is 34.0 Å². The monoisotopic (exact) mass is 383 g/mol. The first kappa shape index (κ1) is 18.9. The average molecular weight is 383 g/mol. The number of amides is 1. The molecule has 1 amide bonds. The highest BCUT2D eigenvalue weighted by Crippen LogP contribution is 2.23. The van der Waals surface area contributed by atoms with E-state index < -0.39 is 0 Å². The number of benzene rings is 2. The van der Waals surface area contributed by atoms with Gasteiger partial charge in [0.2, 0.25) is 0 Å².